The molecule has 0 atom stereocenters. The Kier molecular flexibility index (Phi) is 6.63. The second-order valence-electron chi connectivity index (χ2n) is 11.4. The van der Waals surface area contributed by atoms with Crippen LogP contribution in [0.5, 0.6) is 0 Å². The molecule has 0 aliphatic carbocycles. The molecular formula is C34H28N6O4S2. The van der Waals surface area contributed by atoms with Crippen molar-refractivity contribution < 1.29 is 9.47 Å². The van der Waals surface area contributed by atoms with Gasteiger partial charge in [-0.15, -0.1) is 22.7 Å². The van der Waals surface area contributed by atoms with Gasteiger partial charge in [-0.1, -0.05) is 36.4 Å². The van der Waals surface area contributed by atoms with Gasteiger partial charge in [0.05, 0.1) is 48.8 Å². The minimum atomic E-state index is -0.0921. The van der Waals surface area contributed by atoms with Crippen molar-refractivity contribution in [2.75, 3.05) is 62.4 Å². The lowest BCUT2D eigenvalue weighted by molar-refractivity contribution is 0.121. The molecule has 46 heavy (non-hydrogen) atoms. The highest BCUT2D eigenvalue weighted by Gasteiger charge is 2.26. The molecule has 230 valence electrons. The number of fused-ring (bicyclic) bond motifs is 6. The molecule has 9 rings (SSSR count). The Hall–Kier alpha value is -4.62. The second kappa shape index (κ2) is 11.0. The fourth-order valence-electron chi connectivity index (χ4n) is 6.43. The number of benzene rings is 3. The highest BCUT2D eigenvalue weighted by atomic mass is 32.1. The molecule has 4 aromatic heterocycles. The minimum absolute atomic E-state index is 0.0921. The van der Waals surface area contributed by atoms with Crippen LogP contribution in [0.2, 0.25) is 0 Å². The molecule has 0 saturated carbocycles. The lowest BCUT2D eigenvalue weighted by Crippen LogP contribution is -2.40. The normalized spacial score (nSPS) is 15.9. The van der Waals surface area contributed by atoms with E-state index in [0.29, 0.717) is 84.9 Å². The molecular weight excluding hydrogens is 621 g/mol. The molecule has 2 aliphatic rings. The summed E-state index contributed by atoms with van der Waals surface area (Å²) in [6.45, 7) is 4.89. The number of thiophene rings is 2. The van der Waals surface area contributed by atoms with Crippen LogP contribution in [-0.4, -0.2) is 71.7 Å². The summed E-state index contributed by atoms with van der Waals surface area (Å²) in [6, 6.07) is 23.5. The van der Waals surface area contributed by atoms with Gasteiger partial charge in [0.15, 0.2) is 0 Å². The average Bonchev–Trinajstić information content (AvgIpc) is 3.66. The van der Waals surface area contributed by atoms with Crippen molar-refractivity contribution in [1.82, 2.24) is 19.1 Å². The maximum atomic E-state index is 14.2. The summed E-state index contributed by atoms with van der Waals surface area (Å²) >= 11 is 2.90. The molecule has 3 aromatic carbocycles. The van der Waals surface area contributed by atoms with Crippen LogP contribution in [-0.2, 0) is 9.47 Å². The third-order valence-electron chi connectivity index (χ3n) is 8.68. The Morgan fingerprint density at radius 3 is 1.39 bits per heavy atom. The average molecular weight is 649 g/mol. The molecule has 0 N–H and O–H groups in total. The van der Waals surface area contributed by atoms with Crippen molar-refractivity contribution in [3.8, 4) is 11.4 Å². The third kappa shape index (κ3) is 4.36. The Bertz CT molecular complexity index is 2220. The largest absolute Gasteiger partial charge is 0.378 e. The summed E-state index contributed by atoms with van der Waals surface area (Å²) < 4.78 is 17.8. The van der Waals surface area contributed by atoms with Gasteiger partial charge in [0.25, 0.3) is 11.1 Å². The number of morpholine rings is 2. The first kappa shape index (κ1) is 27.7. The van der Waals surface area contributed by atoms with Crippen molar-refractivity contribution in [3.05, 3.63) is 93.5 Å². The van der Waals surface area contributed by atoms with Crippen LogP contribution in [0.4, 0.5) is 11.9 Å². The molecule has 0 bridgehead atoms. The van der Waals surface area contributed by atoms with Gasteiger partial charge in [-0.3, -0.25) is 9.59 Å². The van der Waals surface area contributed by atoms with Gasteiger partial charge in [0.1, 0.15) is 9.40 Å². The van der Waals surface area contributed by atoms with Gasteiger partial charge in [0.2, 0.25) is 11.9 Å². The predicted octanol–water partition coefficient (Wildman–Crippen LogP) is 5.19. The van der Waals surface area contributed by atoms with Gasteiger partial charge >= 0.3 is 0 Å². The SMILES string of the molecule is O=c1c2sc3cc4sc5c(=O)n(-c6ccccc6)c(N6CCOCC6)nc5c4cc3c2nc(N2CCOCC2)n1-c1ccccc1. The molecule has 0 spiro atoms. The van der Waals surface area contributed by atoms with E-state index in [1.54, 1.807) is 9.13 Å². The van der Waals surface area contributed by atoms with E-state index in [1.165, 1.54) is 22.7 Å². The third-order valence-corrected chi connectivity index (χ3v) is 10.9. The van der Waals surface area contributed by atoms with Crippen LogP contribution in [0.25, 0.3) is 52.0 Å². The zero-order valence-electron chi connectivity index (χ0n) is 24.7. The lowest BCUT2D eigenvalue weighted by Gasteiger charge is -2.29. The van der Waals surface area contributed by atoms with Crippen molar-refractivity contribution >= 4 is 75.2 Å². The first-order chi connectivity index (χ1) is 22.7. The molecule has 10 nitrogen and oxygen atoms in total. The molecule has 2 aliphatic heterocycles. The maximum Gasteiger partial charge on any atom is 0.277 e. The monoisotopic (exact) mass is 648 g/mol. The predicted molar refractivity (Wildman–Crippen MR) is 185 cm³/mol. The Balaban J connectivity index is 1.31. The quantitative estimate of drug-likeness (QED) is 0.258. The number of aromatic nitrogens is 4. The summed E-state index contributed by atoms with van der Waals surface area (Å²) in [5.41, 5.74) is 2.72. The standard InChI is InChI=1S/C34H28N6O4S2/c41-31-29-27(35-33(37-11-15-43-16-12-37)39(31)21-7-3-1-4-8-21)23-19-24-26(20-25(23)45-29)46-30-28(24)36-34(38-13-17-44-18-14-38)40(32(30)42)22-9-5-2-6-10-22/h1-10,19-20H,11-18H2. The number of para-hydroxylation sites is 2. The lowest BCUT2D eigenvalue weighted by atomic mass is 10.1. The number of hydrogen-bond donors (Lipinski definition) is 0. The van der Waals surface area contributed by atoms with E-state index < -0.39 is 0 Å². The molecule has 0 radical (unpaired) electrons. The molecule has 7 aromatic rings. The van der Waals surface area contributed by atoms with E-state index in [9.17, 15) is 9.59 Å². The highest BCUT2D eigenvalue weighted by Crippen LogP contribution is 2.40. The molecule has 0 unspecified atom stereocenters. The number of anilines is 2. The summed E-state index contributed by atoms with van der Waals surface area (Å²) in [5.74, 6) is 1.22. The topological polar surface area (TPSA) is 94.7 Å². The van der Waals surface area contributed by atoms with E-state index >= 15 is 0 Å². The van der Waals surface area contributed by atoms with Gasteiger partial charge in [-0.05, 0) is 36.4 Å². The van der Waals surface area contributed by atoms with Crippen molar-refractivity contribution in [2.45, 2.75) is 0 Å². The van der Waals surface area contributed by atoms with Crippen LogP contribution < -0.4 is 20.9 Å². The summed E-state index contributed by atoms with van der Waals surface area (Å²) in [4.78, 5) is 43.1. The van der Waals surface area contributed by atoms with Crippen LogP contribution >= 0.6 is 22.7 Å². The number of hydrogen-bond acceptors (Lipinski definition) is 10. The van der Waals surface area contributed by atoms with E-state index in [-0.39, 0.29) is 11.1 Å². The van der Waals surface area contributed by atoms with Gasteiger partial charge < -0.3 is 19.3 Å². The van der Waals surface area contributed by atoms with Gasteiger partial charge in [-0.25, -0.2) is 19.1 Å². The number of rotatable bonds is 4. The molecule has 2 fully saturated rings. The van der Waals surface area contributed by atoms with Crippen molar-refractivity contribution in [2.24, 2.45) is 0 Å². The first-order valence-electron chi connectivity index (χ1n) is 15.3. The van der Waals surface area contributed by atoms with Crippen LogP contribution in [0.3, 0.4) is 0 Å². The molecule has 2 saturated heterocycles. The van der Waals surface area contributed by atoms with Crippen LogP contribution in [0.15, 0.2) is 82.4 Å². The fourth-order valence-corrected chi connectivity index (χ4v) is 8.69. The van der Waals surface area contributed by atoms with E-state index in [4.69, 9.17) is 19.4 Å². The van der Waals surface area contributed by atoms with E-state index in [0.717, 1.165) is 31.5 Å². The Labute approximate surface area is 270 Å². The van der Waals surface area contributed by atoms with Crippen molar-refractivity contribution in [3.63, 3.8) is 0 Å². The minimum Gasteiger partial charge on any atom is -0.378 e. The maximum absolute atomic E-state index is 14.2. The van der Waals surface area contributed by atoms with Gasteiger partial charge in [-0.2, -0.15) is 0 Å². The smallest absolute Gasteiger partial charge is 0.277 e. The first-order valence-corrected chi connectivity index (χ1v) is 16.9. The van der Waals surface area contributed by atoms with Crippen molar-refractivity contribution in [1.29, 1.82) is 0 Å². The van der Waals surface area contributed by atoms with E-state index in [2.05, 4.69) is 21.9 Å². The number of ether oxygens (including phenoxy) is 2. The Morgan fingerprint density at radius 2 is 0.978 bits per heavy atom. The molecule has 6 heterocycles. The summed E-state index contributed by atoms with van der Waals surface area (Å²) in [7, 11) is 0. The fraction of sp³-hybridized carbons (Fsp3) is 0.235. The highest BCUT2D eigenvalue weighted by molar-refractivity contribution is 7.27. The zero-order valence-corrected chi connectivity index (χ0v) is 26.4. The summed E-state index contributed by atoms with van der Waals surface area (Å²) in [6.07, 6.45) is 0. The number of nitrogens with zero attached hydrogens (tertiary/aromatic N) is 6. The van der Waals surface area contributed by atoms with Crippen LogP contribution in [0.1, 0.15) is 0 Å². The van der Waals surface area contributed by atoms with E-state index in [1.807, 2.05) is 60.7 Å². The summed E-state index contributed by atoms with van der Waals surface area (Å²) in [5, 5.41) is 1.78. The second-order valence-corrected chi connectivity index (χ2v) is 13.5. The Morgan fingerprint density at radius 1 is 0.565 bits per heavy atom. The van der Waals surface area contributed by atoms with Gasteiger partial charge in [0, 0.05) is 46.4 Å². The zero-order chi connectivity index (χ0) is 30.8. The molecule has 0 amide bonds. The molecule has 12 heteroatoms. The van der Waals surface area contributed by atoms with Crippen LogP contribution in [0, 0.1) is 0 Å².